The first kappa shape index (κ1) is 12.6. The van der Waals surface area contributed by atoms with Gasteiger partial charge in [-0.05, 0) is 25.5 Å². The van der Waals surface area contributed by atoms with Crippen LogP contribution < -0.4 is 16.6 Å². The lowest BCUT2D eigenvalue weighted by molar-refractivity contribution is 1.10. The fraction of sp³-hybridized carbons (Fsp3) is 0.167. The normalized spacial score (nSPS) is 10.2. The third-order valence-corrected chi connectivity index (χ3v) is 3.00. The second kappa shape index (κ2) is 5.20. The molecule has 0 unspecified atom stereocenters. The summed E-state index contributed by atoms with van der Waals surface area (Å²) in [5, 5.41) is 3.85. The van der Waals surface area contributed by atoms with Crippen molar-refractivity contribution in [3.63, 3.8) is 0 Å². The topological polar surface area (TPSA) is 75.9 Å². The molecule has 0 aliphatic rings. The third kappa shape index (κ3) is 2.37. The second-order valence-electron chi connectivity index (χ2n) is 3.90. The smallest absolute Gasteiger partial charge is 0.148 e. The van der Waals surface area contributed by atoms with Crippen LogP contribution in [-0.4, -0.2) is 9.97 Å². The number of anilines is 3. The van der Waals surface area contributed by atoms with E-state index in [2.05, 4.69) is 20.7 Å². The minimum Gasteiger partial charge on any atom is -0.338 e. The van der Waals surface area contributed by atoms with Crippen molar-refractivity contribution in [1.29, 1.82) is 0 Å². The first-order valence-electron chi connectivity index (χ1n) is 5.44. The zero-order valence-electron chi connectivity index (χ0n) is 10.2. The summed E-state index contributed by atoms with van der Waals surface area (Å²) in [5.41, 5.74) is 5.24. The van der Waals surface area contributed by atoms with Crippen LogP contribution in [0.5, 0.6) is 0 Å². The van der Waals surface area contributed by atoms with E-state index in [1.807, 2.05) is 32.0 Å². The molecule has 0 atom stereocenters. The predicted molar refractivity (Wildman–Crippen MR) is 74.1 cm³/mol. The summed E-state index contributed by atoms with van der Waals surface area (Å²) in [7, 11) is 0. The molecule has 5 nitrogen and oxygen atoms in total. The van der Waals surface area contributed by atoms with Crippen molar-refractivity contribution in [3.8, 4) is 0 Å². The molecule has 0 spiro atoms. The molecule has 0 saturated heterocycles. The van der Waals surface area contributed by atoms with Crippen LogP contribution in [0, 0.1) is 13.8 Å². The number of nitrogens with zero attached hydrogens (tertiary/aromatic N) is 2. The lowest BCUT2D eigenvalue weighted by Gasteiger charge is -2.13. The monoisotopic (exact) mass is 263 g/mol. The molecule has 0 bridgehead atoms. The van der Waals surface area contributed by atoms with Crippen LogP contribution >= 0.6 is 11.6 Å². The zero-order valence-corrected chi connectivity index (χ0v) is 10.9. The highest BCUT2D eigenvalue weighted by atomic mass is 35.5. The minimum absolute atomic E-state index is 0.581. The van der Waals surface area contributed by atoms with E-state index >= 15 is 0 Å². The van der Waals surface area contributed by atoms with Crippen molar-refractivity contribution in [2.24, 2.45) is 5.84 Å². The lowest BCUT2D eigenvalue weighted by Crippen LogP contribution is -2.11. The molecule has 0 fully saturated rings. The number of para-hydroxylation sites is 1. The summed E-state index contributed by atoms with van der Waals surface area (Å²) >= 11 is 6.16. The number of hydrogen-bond acceptors (Lipinski definition) is 5. The fourth-order valence-corrected chi connectivity index (χ4v) is 1.90. The summed E-state index contributed by atoms with van der Waals surface area (Å²) in [4.78, 5) is 8.21. The van der Waals surface area contributed by atoms with Gasteiger partial charge in [0.2, 0.25) is 0 Å². The molecule has 94 valence electrons. The fourth-order valence-electron chi connectivity index (χ4n) is 1.63. The molecule has 4 N–H and O–H groups in total. The molecule has 0 amide bonds. The second-order valence-corrected chi connectivity index (χ2v) is 4.30. The number of hydrogen-bond donors (Lipinski definition) is 3. The number of hydrazine groups is 1. The molecule has 18 heavy (non-hydrogen) atoms. The molecule has 0 aliphatic carbocycles. The summed E-state index contributed by atoms with van der Waals surface area (Å²) in [6, 6.07) is 5.71. The summed E-state index contributed by atoms with van der Waals surface area (Å²) < 4.78 is 0. The van der Waals surface area contributed by atoms with Gasteiger partial charge in [-0.15, -0.1) is 0 Å². The van der Waals surface area contributed by atoms with Gasteiger partial charge >= 0.3 is 0 Å². The number of aryl methyl sites for hydroxylation is 1. The van der Waals surface area contributed by atoms with E-state index in [0.717, 1.165) is 16.8 Å². The van der Waals surface area contributed by atoms with Gasteiger partial charge in [-0.3, -0.25) is 0 Å². The van der Waals surface area contributed by atoms with E-state index in [4.69, 9.17) is 17.4 Å². The maximum absolute atomic E-state index is 6.16. The van der Waals surface area contributed by atoms with E-state index in [1.165, 1.54) is 6.33 Å². The Balaban J connectivity index is 2.40. The van der Waals surface area contributed by atoms with Gasteiger partial charge in [-0.25, -0.2) is 15.8 Å². The van der Waals surface area contributed by atoms with Crippen LogP contribution in [0.25, 0.3) is 0 Å². The van der Waals surface area contributed by atoms with Gasteiger partial charge in [0.25, 0.3) is 0 Å². The highest BCUT2D eigenvalue weighted by molar-refractivity contribution is 6.33. The van der Waals surface area contributed by atoms with Gasteiger partial charge in [0.05, 0.1) is 10.7 Å². The van der Waals surface area contributed by atoms with Crippen LogP contribution in [0.2, 0.25) is 5.02 Å². The summed E-state index contributed by atoms with van der Waals surface area (Å²) in [6.07, 6.45) is 1.44. The first-order valence-corrected chi connectivity index (χ1v) is 5.81. The Labute approximate surface area is 110 Å². The molecule has 0 aliphatic heterocycles. The number of aromatic nitrogens is 2. The molecule has 6 heteroatoms. The van der Waals surface area contributed by atoms with Crippen LogP contribution in [-0.2, 0) is 0 Å². The van der Waals surface area contributed by atoms with E-state index in [1.54, 1.807) is 0 Å². The van der Waals surface area contributed by atoms with Crippen LogP contribution in [0.1, 0.15) is 11.1 Å². The Kier molecular flexibility index (Phi) is 3.64. The van der Waals surface area contributed by atoms with E-state index in [9.17, 15) is 0 Å². The van der Waals surface area contributed by atoms with Crippen LogP contribution in [0.3, 0.4) is 0 Å². The van der Waals surface area contributed by atoms with E-state index in [-0.39, 0.29) is 0 Å². The molecule has 0 saturated carbocycles. The maximum atomic E-state index is 6.16. The largest absolute Gasteiger partial charge is 0.338 e. The Hall–Kier alpha value is -1.85. The molecule has 2 aromatic rings. The van der Waals surface area contributed by atoms with Gasteiger partial charge in [-0.2, -0.15) is 0 Å². The van der Waals surface area contributed by atoms with Gasteiger partial charge in [0, 0.05) is 5.56 Å². The first-order chi connectivity index (χ1) is 8.63. The van der Waals surface area contributed by atoms with Crippen molar-refractivity contribution >= 4 is 28.9 Å². The average molecular weight is 264 g/mol. The Morgan fingerprint density at radius 3 is 2.56 bits per heavy atom. The predicted octanol–water partition coefficient (Wildman–Crippen LogP) is 2.78. The molecule has 2 rings (SSSR count). The van der Waals surface area contributed by atoms with Crippen molar-refractivity contribution in [2.45, 2.75) is 13.8 Å². The van der Waals surface area contributed by atoms with Crippen molar-refractivity contribution in [2.75, 3.05) is 10.7 Å². The highest BCUT2D eigenvalue weighted by Crippen LogP contribution is 2.29. The molecular formula is C12H14ClN5. The van der Waals surface area contributed by atoms with Gasteiger partial charge < -0.3 is 10.7 Å². The summed E-state index contributed by atoms with van der Waals surface area (Å²) in [5.74, 6) is 6.63. The molecule has 1 aromatic carbocycles. The Morgan fingerprint density at radius 2 is 1.89 bits per heavy atom. The SMILES string of the molecule is Cc1cccc(Cl)c1Nc1ncnc(NN)c1C. The molecule has 0 radical (unpaired) electrons. The average Bonchev–Trinajstić information content (AvgIpc) is 2.36. The van der Waals surface area contributed by atoms with Crippen molar-refractivity contribution in [3.05, 3.63) is 40.7 Å². The van der Waals surface area contributed by atoms with E-state index in [0.29, 0.717) is 16.7 Å². The number of nitrogen functional groups attached to an aromatic ring is 1. The Morgan fingerprint density at radius 1 is 1.17 bits per heavy atom. The maximum Gasteiger partial charge on any atom is 0.148 e. The molecular weight excluding hydrogens is 250 g/mol. The van der Waals surface area contributed by atoms with Gasteiger partial charge in [-0.1, -0.05) is 23.7 Å². The number of nitrogens with two attached hydrogens (primary N) is 1. The standard InChI is InChI=1S/C12H14ClN5/c1-7-4-3-5-9(13)10(7)17-11-8(2)12(18-14)16-6-15-11/h3-6H,14H2,1-2H3,(H2,15,16,17,18). The van der Waals surface area contributed by atoms with E-state index < -0.39 is 0 Å². The lowest BCUT2D eigenvalue weighted by atomic mass is 10.2. The number of nitrogens with one attached hydrogen (secondary N) is 2. The highest BCUT2D eigenvalue weighted by Gasteiger charge is 2.09. The molecule has 1 heterocycles. The number of benzene rings is 1. The Bertz CT molecular complexity index is 550. The quantitative estimate of drug-likeness (QED) is 0.586. The van der Waals surface area contributed by atoms with Crippen LogP contribution in [0.15, 0.2) is 24.5 Å². The number of halogens is 1. The van der Waals surface area contributed by atoms with Crippen molar-refractivity contribution < 1.29 is 0 Å². The molecule has 1 aromatic heterocycles. The van der Waals surface area contributed by atoms with Gasteiger partial charge in [0.1, 0.15) is 18.0 Å². The van der Waals surface area contributed by atoms with Crippen molar-refractivity contribution in [1.82, 2.24) is 9.97 Å². The third-order valence-electron chi connectivity index (χ3n) is 2.69. The summed E-state index contributed by atoms with van der Waals surface area (Å²) in [6.45, 7) is 3.86. The van der Waals surface area contributed by atoms with Crippen LogP contribution in [0.4, 0.5) is 17.3 Å². The number of rotatable bonds is 3. The van der Waals surface area contributed by atoms with Gasteiger partial charge in [0.15, 0.2) is 0 Å². The minimum atomic E-state index is 0.581. The zero-order chi connectivity index (χ0) is 13.1.